The smallest absolute Gasteiger partial charge is 0.253 e. The van der Waals surface area contributed by atoms with Crippen LogP contribution in [0.3, 0.4) is 0 Å². The number of piperidine rings is 1. The highest BCUT2D eigenvalue weighted by Crippen LogP contribution is 2.30. The van der Waals surface area contributed by atoms with Crippen molar-refractivity contribution in [1.82, 2.24) is 9.88 Å². The number of nitrogens with zero attached hydrogens (tertiary/aromatic N) is 3. The molecule has 2 aromatic rings. The zero-order valence-corrected chi connectivity index (χ0v) is 15.3. The predicted molar refractivity (Wildman–Crippen MR) is 102 cm³/mol. The van der Waals surface area contributed by atoms with Gasteiger partial charge >= 0.3 is 0 Å². The second-order valence-corrected chi connectivity index (χ2v) is 7.38. The van der Waals surface area contributed by atoms with Crippen LogP contribution in [-0.2, 0) is 0 Å². The number of anilines is 1. The number of phenols is 1. The average Bonchev–Trinajstić information content (AvgIpc) is 3.25. The number of halogens is 1. The van der Waals surface area contributed by atoms with E-state index in [2.05, 4.69) is 22.0 Å². The Morgan fingerprint density at radius 2 is 1.81 bits per heavy atom. The van der Waals surface area contributed by atoms with E-state index in [1.807, 2.05) is 6.20 Å². The van der Waals surface area contributed by atoms with E-state index in [1.54, 1.807) is 4.90 Å². The number of rotatable bonds is 3. The Kier molecular flexibility index (Phi) is 4.97. The molecule has 27 heavy (non-hydrogen) atoms. The summed E-state index contributed by atoms with van der Waals surface area (Å²) in [6.45, 7) is 3.45. The van der Waals surface area contributed by atoms with Crippen LogP contribution >= 0.6 is 0 Å². The summed E-state index contributed by atoms with van der Waals surface area (Å²) < 4.78 is 13.5. The Morgan fingerprint density at radius 3 is 2.44 bits per heavy atom. The van der Waals surface area contributed by atoms with Crippen LogP contribution in [0.5, 0.6) is 5.75 Å². The van der Waals surface area contributed by atoms with Gasteiger partial charge in [0.05, 0.1) is 0 Å². The summed E-state index contributed by atoms with van der Waals surface area (Å²) in [5, 5.41) is 9.28. The monoisotopic (exact) mass is 369 g/mol. The van der Waals surface area contributed by atoms with Crippen molar-refractivity contribution in [2.75, 3.05) is 31.1 Å². The van der Waals surface area contributed by atoms with Gasteiger partial charge in [-0.15, -0.1) is 0 Å². The molecule has 1 aromatic carbocycles. The quantitative estimate of drug-likeness (QED) is 0.899. The maximum atomic E-state index is 13.5. The summed E-state index contributed by atoms with van der Waals surface area (Å²) in [6.07, 6.45) is 6.20. The first-order valence-electron chi connectivity index (χ1n) is 9.60. The lowest BCUT2D eigenvalue weighted by atomic mass is 9.90. The lowest BCUT2D eigenvalue weighted by molar-refractivity contribution is 0.0712. The van der Waals surface area contributed by atoms with Crippen molar-refractivity contribution in [1.29, 1.82) is 0 Å². The molecule has 1 N–H and O–H groups in total. The fourth-order valence-electron chi connectivity index (χ4n) is 4.01. The molecule has 2 aliphatic rings. The first kappa shape index (κ1) is 17.8. The molecule has 1 amide bonds. The molecular formula is C21H24FN3O2. The number of pyridine rings is 1. The van der Waals surface area contributed by atoms with Gasteiger partial charge in [0, 0.05) is 37.9 Å². The minimum absolute atomic E-state index is 0.185. The van der Waals surface area contributed by atoms with Gasteiger partial charge in [-0.1, -0.05) is 6.07 Å². The highest BCUT2D eigenvalue weighted by molar-refractivity contribution is 5.94. The number of carbonyl (C=O) groups is 1. The molecule has 2 saturated heterocycles. The van der Waals surface area contributed by atoms with Gasteiger partial charge in [0.2, 0.25) is 0 Å². The van der Waals surface area contributed by atoms with Crippen LogP contribution < -0.4 is 4.90 Å². The van der Waals surface area contributed by atoms with Gasteiger partial charge in [0.1, 0.15) is 5.82 Å². The summed E-state index contributed by atoms with van der Waals surface area (Å²) in [4.78, 5) is 21.3. The van der Waals surface area contributed by atoms with Crippen molar-refractivity contribution in [3.05, 3.63) is 53.5 Å². The minimum Gasteiger partial charge on any atom is -0.505 e. The van der Waals surface area contributed by atoms with Crippen molar-refractivity contribution in [2.24, 2.45) is 0 Å². The third kappa shape index (κ3) is 3.75. The third-order valence-corrected chi connectivity index (χ3v) is 5.65. The number of likely N-dealkylation sites (tertiary alicyclic amines) is 1. The average molecular weight is 369 g/mol. The molecule has 3 heterocycles. The second kappa shape index (κ2) is 7.55. The number of hydrogen-bond donors (Lipinski definition) is 1. The first-order chi connectivity index (χ1) is 13.1. The van der Waals surface area contributed by atoms with Gasteiger partial charge in [-0.05, 0) is 61.4 Å². The van der Waals surface area contributed by atoms with E-state index in [-0.39, 0.29) is 11.5 Å². The SMILES string of the molecule is O=C(c1ccc(O)c(F)c1)N1CCC(c2ccc(N3CCCC3)nc2)CC1. The number of aromatic nitrogens is 1. The molecule has 0 unspecified atom stereocenters. The van der Waals surface area contributed by atoms with Crippen molar-refractivity contribution in [3.63, 3.8) is 0 Å². The van der Waals surface area contributed by atoms with Gasteiger partial charge < -0.3 is 14.9 Å². The summed E-state index contributed by atoms with van der Waals surface area (Å²) in [6, 6.07) is 8.07. The number of benzene rings is 1. The molecule has 2 fully saturated rings. The zero-order valence-electron chi connectivity index (χ0n) is 15.3. The molecule has 5 nitrogen and oxygen atoms in total. The molecular weight excluding hydrogens is 345 g/mol. The van der Waals surface area contributed by atoms with E-state index in [0.717, 1.165) is 37.8 Å². The van der Waals surface area contributed by atoms with Crippen LogP contribution in [0.4, 0.5) is 10.2 Å². The minimum atomic E-state index is -0.764. The van der Waals surface area contributed by atoms with Crippen LogP contribution in [0.25, 0.3) is 0 Å². The topological polar surface area (TPSA) is 56.7 Å². The van der Waals surface area contributed by atoms with Crippen LogP contribution in [0.1, 0.15) is 47.5 Å². The maximum Gasteiger partial charge on any atom is 0.253 e. The molecule has 4 rings (SSSR count). The highest BCUT2D eigenvalue weighted by atomic mass is 19.1. The van der Waals surface area contributed by atoms with Gasteiger partial charge in [-0.3, -0.25) is 4.79 Å². The fraction of sp³-hybridized carbons (Fsp3) is 0.429. The zero-order chi connectivity index (χ0) is 18.8. The molecule has 0 bridgehead atoms. The number of carbonyl (C=O) groups excluding carboxylic acids is 1. The van der Waals surface area contributed by atoms with Crippen molar-refractivity contribution in [3.8, 4) is 5.75 Å². The van der Waals surface area contributed by atoms with Gasteiger partial charge in [0.25, 0.3) is 5.91 Å². The number of aromatic hydroxyl groups is 1. The third-order valence-electron chi connectivity index (χ3n) is 5.65. The summed E-state index contributed by atoms with van der Waals surface area (Å²) in [5.74, 6) is 0.0637. The molecule has 0 saturated carbocycles. The molecule has 2 aliphatic heterocycles. The van der Waals surface area contributed by atoms with Crippen LogP contribution in [-0.4, -0.2) is 47.1 Å². The van der Waals surface area contributed by atoms with E-state index in [9.17, 15) is 14.3 Å². The predicted octanol–water partition coefficient (Wildman–Crippen LogP) is 3.55. The number of phenolic OH excluding ortho intramolecular Hbond substituents is 1. The standard InChI is InChI=1S/C21H24FN3O2/c22-18-13-16(3-5-19(18)26)21(27)25-11-7-15(8-12-25)17-4-6-20(23-14-17)24-9-1-2-10-24/h3-6,13-15,26H,1-2,7-12H2. The molecule has 0 spiro atoms. The Balaban J connectivity index is 1.36. The van der Waals surface area contributed by atoms with E-state index in [4.69, 9.17) is 0 Å². The molecule has 142 valence electrons. The van der Waals surface area contributed by atoms with Gasteiger partial charge in [0.15, 0.2) is 11.6 Å². The Labute approximate surface area is 158 Å². The summed E-state index contributed by atoms with van der Waals surface area (Å²) in [5.41, 5.74) is 1.50. The lowest BCUT2D eigenvalue weighted by Gasteiger charge is -2.32. The van der Waals surface area contributed by atoms with Crippen LogP contribution in [0.15, 0.2) is 36.5 Å². The van der Waals surface area contributed by atoms with E-state index in [1.165, 1.54) is 30.5 Å². The normalized spacial score (nSPS) is 18.1. The number of amides is 1. The number of hydrogen-bond acceptors (Lipinski definition) is 4. The van der Waals surface area contributed by atoms with Crippen molar-refractivity contribution in [2.45, 2.75) is 31.6 Å². The first-order valence-corrected chi connectivity index (χ1v) is 9.60. The highest BCUT2D eigenvalue weighted by Gasteiger charge is 2.25. The van der Waals surface area contributed by atoms with E-state index in [0.29, 0.717) is 19.0 Å². The molecule has 1 aromatic heterocycles. The maximum absolute atomic E-state index is 13.5. The Morgan fingerprint density at radius 1 is 1.07 bits per heavy atom. The molecule has 0 aliphatic carbocycles. The largest absolute Gasteiger partial charge is 0.505 e. The Bertz CT molecular complexity index is 811. The van der Waals surface area contributed by atoms with Crippen molar-refractivity contribution < 1.29 is 14.3 Å². The fourth-order valence-corrected chi connectivity index (χ4v) is 4.01. The van der Waals surface area contributed by atoms with Gasteiger partial charge in [-0.25, -0.2) is 9.37 Å². The van der Waals surface area contributed by atoms with Gasteiger partial charge in [-0.2, -0.15) is 0 Å². The molecule has 6 heteroatoms. The van der Waals surface area contributed by atoms with E-state index >= 15 is 0 Å². The molecule has 0 radical (unpaired) electrons. The lowest BCUT2D eigenvalue weighted by Crippen LogP contribution is -2.38. The summed E-state index contributed by atoms with van der Waals surface area (Å²) in [7, 11) is 0. The van der Waals surface area contributed by atoms with Crippen molar-refractivity contribution >= 4 is 11.7 Å². The van der Waals surface area contributed by atoms with Crippen LogP contribution in [0.2, 0.25) is 0 Å². The second-order valence-electron chi connectivity index (χ2n) is 7.38. The summed E-state index contributed by atoms with van der Waals surface area (Å²) >= 11 is 0. The van der Waals surface area contributed by atoms with E-state index < -0.39 is 11.6 Å². The van der Waals surface area contributed by atoms with Crippen LogP contribution in [0, 0.1) is 5.82 Å². The Hall–Kier alpha value is -2.63. The molecule has 0 atom stereocenters.